The van der Waals surface area contributed by atoms with E-state index in [4.69, 9.17) is 25.2 Å². The smallest absolute Gasteiger partial charge is 0.244 e. The summed E-state index contributed by atoms with van der Waals surface area (Å²) in [4.78, 5) is 20.7. The number of carbonyl (C=O) groups excluding carboxylic acids is 1. The number of hydrogen-bond donors (Lipinski definition) is 1. The average molecular weight is 488 g/mol. The van der Waals surface area contributed by atoms with E-state index in [1.165, 1.54) is 13.2 Å². The van der Waals surface area contributed by atoms with Crippen LogP contribution in [0.15, 0.2) is 53.0 Å². The minimum Gasteiger partial charge on any atom is -0.501 e. The van der Waals surface area contributed by atoms with Gasteiger partial charge in [-0.15, -0.1) is 22.7 Å². The molecule has 1 unspecified atom stereocenters. The van der Waals surface area contributed by atoms with Crippen molar-refractivity contribution in [3.05, 3.63) is 63.7 Å². The summed E-state index contributed by atoms with van der Waals surface area (Å²) in [7, 11) is 3.12. The van der Waals surface area contributed by atoms with Crippen LogP contribution in [0.3, 0.4) is 0 Å². The number of carbonyl (C=O) groups is 1. The molecule has 178 valence electrons. The minimum absolute atomic E-state index is 0.187. The molecule has 0 aliphatic rings. The lowest BCUT2D eigenvalue weighted by Crippen LogP contribution is -2.22. The second-order valence-electron chi connectivity index (χ2n) is 7.95. The fourth-order valence-corrected chi connectivity index (χ4v) is 4.66. The zero-order chi connectivity index (χ0) is 24.4. The fourth-order valence-electron chi connectivity index (χ4n) is 3.00. The number of ether oxygens (including phenoxy) is 2. The van der Waals surface area contributed by atoms with Crippen molar-refractivity contribution in [1.29, 1.82) is 0 Å². The third kappa shape index (κ3) is 8.38. The van der Waals surface area contributed by atoms with Gasteiger partial charge in [0, 0.05) is 35.8 Å². The van der Waals surface area contributed by atoms with Crippen molar-refractivity contribution in [2.45, 2.75) is 39.7 Å². The van der Waals surface area contributed by atoms with Crippen molar-refractivity contribution in [3.8, 4) is 10.7 Å². The summed E-state index contributed by atoms with van der Waals surface area (Å²) in [5.74, 6) is 0.512. The van der Waals surface area contributed by atoms with Crippen LogP contribution in [-0.2, 0) is 14.3 Å². The Morgan fingerprint density at radius 3 is 2.39 bits per heavy atom. The van der Waals surface area contributed by atoms with Crippen LogP contribution in [0.25, 0.3) is 16.8 Å². The number of amides is 1. The number of thiazole rings is 2. The topological polar surface area (TPSA) is 87.3 Å². The van der Waals surface area contributed by atoms with E-state index in [2.05, 4.69) is 50.5 Å². The summed E-state index contributed by atoms with van der Waals surface area (Å²) in [5, 5.41) is 5.98. The van der Waals surface area contributed by atoms with E-state index >= 15 is 0 Å². The maximum absolute atomic E-state index is 11.2. The van der Waals surface area contributed by atoms with E-state index in [1.54, 1.807) is 29.8 Å². The van der Waals surface area contributed by atoms with E-state index in [0.717, 1.165) is 21.4 Å². The molecule has 0 saturated heterocycles. The average Bonchev–Trinajstić information content (AvgIpc) is 3.44. The molecular formula is C25H33N3O3S2. The molecule has 2 N–H and O–H groups in total. The van der Waals surface area contributed by atoms with Crippen molar-refractivity contribution in [3.63, 3.8) is 0 Å². The van der Waals surface area contributed by atoms with Gasteiger partial charge in [0.2, 0.25) is 5.91 Å². The lowest BCUT2D eigenvalue weighted by Gasteiger charge is -2.21. The van der Waals surface area contributed by atoms with Gasteiger partial charge in [-0.05, 0) is 12.0 Å². The molecule has 2 aromatic heterocycles. The summed E-state index contributed by atoms with van der Waals surface area (Å²) < 4.78 is 10.9. The monoisotopic (exact) mass is 487 g/mol. The van der Waals surface area contributed by atoms with Gasteiger partial charge in [0.05, 0.1) is 23.9 Å². The van der Waals surface area contributed by atoms with Crippen LogP contribution in [0.2, 0.25) is 0 Å². The van der Waals surface area contributed by atoms with Crippen LogP contribution in [-0.4, -0.2) is 36.2 Å². The van der Waals surface area contributed by atoms with Gasteiger partial charge in [0.15, 0.2) is 0 Å². The molecule has 2 aromatic rings. The first-order valence-corrected chi connectivity index (χ1v) is 12.5. The number of primary amides is 1. The summed E-state index contributed by atoms with van der Waals surface area (Å²) in [6.07, 6.45) is 13.3. The Balaban J connectivity index is 2.09. The Hall–Kier alpha value is -2.55. The second kappa shape index (κ2) is 13.2. The molecule has 0 spiro atoms. The van der Waals surface area contributed by atoms with Crippen molar-refractivity contribution < 1.29 is 14.3 Å². The number of aromatic nitrogens is 2. The van der Waals surface area contributed by atoms with Crippen LogP contribution in [0, 0.1) is 11.8 Å². The van der Waals surface area contributed by atoms with Gasteiger partial charge in [-0.2, -0.15) is 0 Å². The van der Waals surface area contributed by atoms with Crippen LogP contribution >= 0.6 is 22.7 Å². The molecule has 0 aromatic carbocycles. The number of nitrogens with zero attached hydrogens (tertiary/aromatic N) is 2. The fraction of sp³-hybridized carbons (Fsp3) is 0.400. The van der Waals surface area contributed by atoms with Gasteiger partial charge in [0.1, 0.15) is 16.5 Å². The predicted molar refractivity (Wildman–Crippen MR) is 138 cm³/mol. The number of allylic oxidation sites excluding steroid dienone is 4. The molecule has 0 bridgehead atoms. The van der Waals surface area contributed by atoms with Gasteiger partial charge < -0.3 is 15.2 Å². The van der Waals surface area contributed by atoms with Crippen molar-refractivity contribution in [2.24, 2.45) is 17.6 Å². The molecule has 0 fully saturated rings. The zero-order valence-electron chi connectivity index (χ0n) is 20.0. The minimum atomic E-state index is -0.555. The number of hydrogen-bond acceptors (Lipinski definition) is 7. The molecule has 3 atom stereocenters. The molecule has 0 radical (unpaired) electrons. The van der Waals surface area contributed by atoms with Gasteiger partial charge in [-0.3, -0.25) is 4.79 Å². The van der Waals surface area contributed by atoms with Gasteiger partial charge in [-0.25, -0.2) is 9.97 Å². The first kappa shape index (κ1) is 26.7. The largest absolute Gasteiger partial charge is 0.501 e. The molecule has 1 amide bonds. The Labute approximate surface area is 204 Å². The highest BCUT2D eigenvalue weighted by Gasteiger charge is 2.20. The molecule has 2 rings (SSSR count). The van der Waals surface area contributed by atoms with Crippen LogP contribution < -0.4 is 5.73 Å². The molecule has 2 heterocycles. The molecule has 6 nitrogen and oxygen atoms in total. The maximum atomic E-state index is 11.2. The molecular weight excluding hydrogens is 454 g/mol. The zero-order valence-corrected chi connectivity index (χ0v) is 21.7. The standard InChI is InChI=1S/C25H33N3O3S2/c1-16(2)9-7-8-10-17(3)24-28-20(15-33-24)25-27-19(14-32-25)11-12-21(30-5)18(4)22(31-6)13-23(26)29/h7-18,21H,1-6H3,(H2,26,29)/b9-7+,10-8+,12-11+,22-13+/t17?,18-,21-/m1/s1. The second-order valence-corrected chi connectivity index (χ2v) is 9.70. The van der Waals surface area contributed by atoms with Crippen molar-refractivity contribution in [1.82, 2.24) is 9.97 Å². The number of nitrogens with two attached hydrogens (primary N) is 1. The third-order valence-electron chi connectivity index (χ3n) is 4.85. The van der Waals surface area contributed by atoms with E-state index in [1.807, 2.05) is 24.5 Å². The Morgan fingerprint density at radius 2 is 1.76 bits per heavy atom. The Bertz CT molecular complexity index is 1020. The lowest BCUT2D eigenvalue weighted by molar-refractivity contribution is -0.113. The van der Waals surface area contributed by atoms with Gasteiger partial charge in [0.25, 0.3) is 0 Å². The lowest BCUT2D eigenvalue weighted by atomic mass is 10.0. The highest BCUT2D eigenvalue weighted by molar-refractivity contribution is 7.14. The highest BCUT2D eigenvalue weighted by atomic mass is 32.1. The van der Waals surface area contributed by atoms with Crippen LogP contribution in [0.5, 0.6) is 0 Å². The molecule has 33 heavy (non-hydrogen) atoms. The van der Waals surface area contributed by atoms with Crippen molar-refractivity contribution >= 4 is 34.7 Å². The predicted octanol–water partition coefficient (Wildman–Crippen LogP) is 5.82. The van der Waals surface area contributed by atoms with Gasteiger partial charge >= 0.3 is 0 Å². The normalized spacial score (nSPS) is 15.7. The molecule has 0 aliphatic carbocycles. The summed E-state index contributed by atoms with van der Waals surface area (Å²) in [5.41, 5.74) is 6.97. The van der Waals surface area contributed by atoms with Crippen molar-refractivity contribution in [2.75, 3.05) is 14.2 Å². The SMILES string of the molecule is CO/C(=C/C(N)=O)[C@H](C)[C@@H](/C=C/c1csc(-c2csc(C(C)/C=C/C=C/C(C)C)n2)n1)OC. The number of methoxy groups -OCH3 is 2. The molecule has 8 heteroatoms. The first-order chi connectivity index (χ1) is 15.7. The highest BCUT2D eigenvalue weighted by Crippen LogP contribution is 2.29. The molecule has 0 saturated carbocycles. The Kier molecular flexibility index (Phi) is 10.7. The van der Waals surface area contributed by atoms with E-state index < -0.39 is 5.91 Å². The van der Waals surface area contributed by atoms with E-state index in [-0.39, 0.29) is 17.9 Å². The molecule has 0 aliphatic heterocycles. The van der Waals surface area contributed by atoms with Gasteiger partial charge in [-0.1, -0.05) is 58.1 Å². The van der Waals surface area contributed by atoms with E-state index in [0.29, 0.717) is 11.7 Å². The number of rotatable bonds is 12. The third-order valence-corrected chi connectivity index (χ3v) is 6.78. The quantitative estimate of drug-likeness (QED) is 0.232. The van der Waals surface area contributed by atoms with Crippen LogP contribution in [0.4, 0.5) is 0 Å². The summed E-state index contributed by atoms with van der Waals surface area (Å²) in [6, 6.07) is 0. The summed E-state index contributed by atoms with van der Waals surface area (Å²) in [6.45, 7) is 8.37. The van der Waals surface area contributed by atoms with E-state index in [9.17, 15) is 4.79 Å². The first-order valence-electron chi connectivity index (χ1n) is 10.8. The maximum Gasteiger partial charge on any atom is 0.244 e. The Morgan fingerprint density at radius 1 is 1.03 bits per heavy atom. The van der Waals surface area contributed by atoms with Crippen LogP contribution in [0.1, 0.15) is 44.3 Å². The summed E-state index contributed by atoms with van der Waals surface area (Å²) >= 11 is 3.20.